The van der Waals surface area contributed by atoms with E-state index in [4.69, 9.17) is 26.9 Å². The van der Waals surface area contributed by atoms with Gasteiger partial charge in [-0.3, -0.25) is 14.5 Å². The van der Waals surface area contributed by atoms with Gasteiger partial charge in [0.15, 0.2) is 10.8 Å². The number of hydrogen-bond donors (Lipinski definition) is 2. The van der Waals surface area contributed by atoms with Crippen LogP contribution in [0.3, 0.4) is 0 Å². The summed E-state index contributed by atoms with van der Waals surface area (Å²) < 4.78 is 5.01. The molecule has 1 unspecified atom stereocenters. The van der Waals surface area contributed by atoms with Crippen molar-refractivity contribution in [3.05, 3.63) is 34.5 Å². The number of nitrogen functional groups attached to an aromatic ring is 1. The zero-order valence-electron chi connectivity index (χ0n) is 15.1. The lowest BCUT2D eigenvalue weighted by atomic mass is 10.0. The fourth-order valence-corrected chi connectivity index (χ4v) is 4.45. The summed E-state index contributed by atoms with van der Waals surface area (Å²) in [5.74, 6) is -1.31. The minimum absolute atomic E-state index is 0.108. The molecule has 0 aromatic carbocycles. The van der Waals surface area contributed by atoms with Gasteiger partial charge >= 0.3 is 5.97 Å². The van der Waals surface area contributed by atoms with Crippen LogP contribution in [-0.2, 0) is 24.0 Å². The van der Waals surface area contributed by atoms with Crippen LogP contribution in [0.2, 0.25) is 0 Å². The highest BCUT2D eigenvalue weighted by Gasteiger charge is 2.53. The molecule has 1 aromatic heterocycles. The third-order valence-electron chi connectivity index (χ3n) is 3.86. The van der Waals surface area contributed by atoms with Gasteiger partial charge in [0.25, 0.3) is 11.8 Å². The molecule has 0 spiro atoms. The van der Waals surface area contributed by atoms with Crippen LogP contribution in [0, 0.1) is 0 Å². The lowest BCUT2D eigenvalue weighted by Crippen LogP contribution is -2.70. The maximum Gasteiger partial charge on any atom is 0.355 e. The number of fused-ring (bicyclic) bond motifs is 1. The molecule has 154 valence electrons. The van der Waals surface area contributed by atoms with Gasteiger partial charge in [-0.15, -0.1) is 23.1 Å². The van der Waals surface area contributed by atoms with Gasteiger partial charge < -0.3 is 20.6 Å². The van der Waals surface area contributed by atoms with E-state index in [2.05, 4.69) is 22.0 Å². The monoisotopic (exact) mass is 457 g/mol. The highest BCUT2D eigenvalue weighted by Crippen LogP contribution is 2.37. The van der Waals surface area contributed by atoms with Crippen molar-refractivity contribution in [1.29, 1.82) is 0 Å². The van der Waals surface area contributed by atoms with Crippen LogP contribution < -0.4 is 11.1 Å². The Hall–Kier alpha value is -2.57. The standard InChI is InChI=1S/C16H16ClN5O5S2/c1-7(17)5-27-15(25)9-3-4-28-14-11(13(24)22(9)14)20-12(23)10(21-26-2)8-6-29-16(18)19-8/h3,6,11,14H,1,4-5H2,2H3,(H2,18,19)(H,20,23)/t11?,14-/m1/s1. The van der Waals surface area contributed by atoms with Gasteiger partial charge in [0.05, 0.1) is 0 Å². The quantitative estimate of drug-likeness (QED) is 0.263. The first kappa shape index (κ1) is 21.1. The van der Waals surface area contributed by atoms with Crippen LogP contribution in [0.1, 0.15) is 5.69 Å². The number of halogens is 1. The van der Waals surface area contributed by atoms with Crippen LogP contribution in [-0.4, -0.2) is 64.3 Å². The van der Waals surface area contributed by atoms with Crippen molar-refractivity contribution in [3.63, 3.8) is 0 Å². The number of nitrogens with one attached hydrogen (secondary N) is 1. The summed E-state index contributed by atoms with van der Waals surface area (Å²) in [6.07, 6.45) is 1.59. The number of ether oxygens (including phenoxy) is 1. The third-order valence-corrected chi connectivity index (χ3v) is 5.83. The number of oxime groups is 1. The van der Waals surface area contributed by atoms with Crippen molar-refractivity contribution in [2.45, 2.75) is 11.4 Å². The number of β-lactam (4-membered cyclic amide) rings is 1. The van der Waals surface area contributed by atoms with E-state index in [1.165, 1.54) is 23.8 Å². The van der Waals surface area contributed by atoms with Crippen molar-refractivity contribution >= 4 is 63.3 Å². The number of nitrogens with zero attached hydrogens (tertiary/aromatic N) is 3. The number of amides is 2. The second-order valence-electron chi connectivity index (χ2n) is 5.76. The van der Waals surface area contributed by atoms with Crippen LogP contribution >= 0.6 is 34.7 Å². The Morgan fingerprint density at radius 3 is 2.93 bits per heavy atom. The first-order valence-electron chi connectivity index (χ1n) is 8.12. The topological polar surface area (TPSA) is 136 Å². The second kappa shape index (κ2) is 8.84. The van der Waals surface area contributed by atoms with Crippen LogP contribution in [0.5, 0.6) is 0 Å². The molecule has 0 aliphatic carbocycles. The molecule has 29 heavy (non-hydrogen) atoms. The third kappa shape index (κ3) is 4.38. The summed E-state index contributed by atoms with van der Waals surface area (Å²) in [6.45, 7) is 3.28. The normalized spacial score (nSPS) is 20.9. The van der Waals surface area contributed by atoms with E-state index in [1.54, 1.807) is 11.5 Å². The van der Waals surface area contributed by atoms with Gasteiger partial charge in [-0.25, -0.2) is 9.78 Å². The van der Waals surface area contributed by atoms with Gasteiger partial charge in [0.2, 0.25) is 0 Å². The Balaban J connectivity index is 1.69. The van der Waals surface area contributed by atoms with E-state index >= 15 is 0 Å². The molecule has 0 radical (unpaired) electrons. The van der Waals surface area contributed by atoms with E-state index < -0.39 is 29.2 Å². The molecule has 2 aliphatic heterocycles. The Kier molecular flexibility index (Phi) is 6.45. The molecule has 0 saturated carbocycles. The molecule has 3 rings (SSSR count). The molecular formula is C16H16ClN5O5S2. The van der Waals surface area contributed by atoms with E-state index in [9.17, 15) is 14.4 Å². The van der Waals surface area contributed by atoms with Crippen molar-refractivity contribution in [3.8, 4) is 0 Å². The summed E-state index contributed by atoms with van der Waals surface area (Å²) in [5, 5.41) is 7.82. The largest absolute Gasteiger partial charge is 0.455 e. The molecule has 1 fully saturated rings. The lowest BCUT2D eigenvalue weighted by molar-refractivity contribution is -0.151. The Morgan fingerprint density at radius 1 is 1.55 bits per heavy atom. The van der Waals surface area contributed by atoms with Crippen molar-refractivity contribution < 1.29 is 24.0 Å². The highest BCUT2D eigenvalue weighted by molar-refractivity contribution is 8.00. The molecule has 2 atom stereocenters. The van der Waals surface area contributed by atoms with Gasteiger partial charge in [-0.2, -0.15) is 0 Å². The highest BCUT2D eigenvalue weighted by atomic mass is 35.5. The number of thiazole rings is 1. The van der Waals surface area contributed by atoms with Crippen LogP contribution in [0.15, 0.2) is 33.9 Å². The minimum atomic E-state index is -0.843. The van der Waals surface area contributed by atoms with Crippen molar-refractivity contribution in [1.82, 2.24) is 15.2 Å². The number of thioether (sulfide) groups is 1. The zero-order valence-corrected chi connectivity index (χ0v) is 17.5. The van der Waals surface area contributed by atoms with Gasteiger partial charge in [0.1, 0.15) is 36.5 Å². The van der Waals surface area contributed by atoms with Crippen molar-refractivity contribution in [2.75, 3.05) is 25.2 Å². The predicted molar refractivity (Wildman–Crippen MR) is 109 cm³/mol. The van der Waals surface area contributed by atoms with E-state index in [0.717, 1.165) is 11.3 Å². The molecule has 3 heterocycles. The molecule has 1 aromatic rings. The van der Waals surface area contributed by atoms with Gasteiger partial charge in [0, 0.05) is 16.2 Å². The number of hydrogen-bond acceptors (Lipinski definition) is 10. The van der Waals surface area contributed by atoms with E-state index in [-0.39, 0.29) is 33.9 Å². The fraction of sp³-hybridized carbons (Fsp3) is 0.312. The van der Waals surface area contributed by atoms with Crippen LogP contribution in [0.4, 0.5) is 5.13 Å². The molecule has 0 bridgehead atoms. The molecule has 1 saturated heterocycles. The number of anilines is 1. The first-order valence-corrected chi connectivity index (χ1v) is 10.4. The van der Waals surface area contributed by atoms with Gasteiger partial charge in [-0.1, -0.05) is 23.3 Å². The summed E-state index contributed by atoms with van der Waals surface area (Å²) in [7, 11) is 1.29. The maximum atomic E-state index is 12.7. The minimum Gasteiger partial charge on any atom is -0.455 e. The molecule has 2 amide bonds. The summed E-state index contributed by atoms with van der Waals surface area (Å²) in [6, 6.07) is -0.843. The Labute approximate surface area is 178 Å². The molecular weight excluding hydrogens is 442 g/mol. The van der Waals surface area contributed by atoms with Gasteiger partial charge in [-0.05, 0) is 6.08 Å². The van der Waals surface area contributed by atoms with E-state index in [1.807, 2.05) is 0 Å². The number of aromatic nitrogens is 1. The van der Waals surface area contributed by atoms with Crippen molar-refractivity contribution in [2.24, 2.45) is 5.16 Å². The SMILES string of the molecule is C=C(Cl)COC(=O)C1=CCS[C@@H]2C(NC(=O)C(=NOC)c3csc(N)n3)C(=O)N12. The van der Waals surface area contributed by atoms with Crippen LogP contribution in [0.25, 0.3) is 0 Å². The Bertz CT molecular complexity index is 931. The molecule has 10 nitrogen and oxygen atoms in total. The predicted octanol–water partition coefficient (Wildman–Crippen LogP) is 0.655. The summed E-state index contributed by atoms with van der Waals surface area (Å²) in [4.78, 5) is 47.5. The number of rotatable bonds is 7. The molecule has 3 N–H and O–H groups in total. The number of carbonyl (C=O) groups is 3. The number of nitrogens with two attached hydrogens (primary N) is 1. The first-order chi connectivity index (χ1) is 13.8. The zero-order chi connectivity index (χ0) is 21.1. The average molecular weight is 458 g/mol. The van der Waals surface area contributed by atoms with E-state index in [0.29, 0.717) is 5.75 Å². The number of carbonyl (C=O) groups excluding carboxylic acids is 3. The Morgan fingerprint density at radius 2 is 2.31 bits per heavy atom. The molecule has 13 heteroatoms. The molecule has 2 aliphatic rings. The average Bonchev–Trinajstić information content (AvgIpc) is 3.13. The maximum absolute atomic E-state index is 12.7. The fourth-order valence-electron chi connectivity index (χ4n) is 2.65. The number of esters is 1. The lowest BCUT2D eigenvalue weighted by Gasteiger charge is -2.48. The smallest absolute Gasteiger partial charge is 0.355 e. The summed E-state index contributed by atoms with van der Waals surface area (Å²) in [5.41, 5.74) is 5.84. The second-order valence-corrected chi connectivity index (χ2v) is 8.33. The summed E-state index contributed by atoms with van der Waals surface area (Å²) >= 11 is 8.13.